The van der Waals surface area contributed by atoms with Crippen LogP contribution in [0.2, 0.25) is 0 Å². The van der Waals surface area contributed by atoms with Crippen LogP contribution in [-0.4, -0.2) is 32.2 Å². The van der Waals surface area contributed by atoms with Gasteiger partial charge in [-0.3, -0.25) is 9.78 Å². The van der Waals surface area contributed by atoms with Crippen LogP contribution in [0.4, 0.5) is 5.69 Å². The Labute approximate surface area is 158 Å². The molecule has 6 nitrogen and oxygen atoms in total. The minimum absolute atomic E-state index is 0.0878. The molecule has 0 saturated carbocycles. The molecule has 6 heteroatoms. The molecule has 3 rings (SSSR count). The van der Waals surface area contributed by atoms with Crippen LogP contribution in [0.1, 0.15) is 12.0 Å². The van der Waals surface area contributed by atoms with Crippen molar-refractivity contribution in [3.8, 4) is 17.2 Å². The van der Waals surface area contributed by atoms with Crippen molar-refractivity contribution in [3.05, 3.63) is 54.2 Å². The first-order chi connectivity index (χ1) is 13.2. The predicted molar refractivity (Wildman–Crippen MR) is 105 cm³/mol. The molecule has 1 N–H and O–H groups in total. The Balaban J connectivity index is 1.75. The highest BCUT2D eigenvalue weighted by molar-refractivity contribution is 6.02. The number of benzene rings is 2. The molecule has 0 radical (unpaired) electrons. The van der Waals surface area contributed by atoms with Crippen molar-refractivity contribution in [2.45, 2.75) is 12.8 Å². The van der Waals surface area contributed by atoms with Crippen molar-refractivity contribution < 1.29 is 19.0 Å². The summed E-state index contributed by atoms with van der Waals surface area (Å²) in [7, 11) is 4.83. The molecule has 0 saturated heterocycles. The second kappa shape index (κ2) is 8.40. The fraction of sp³-hybridized carbons (Fsp3) is 0.238. The number of methoxy groups -OCH3 is 3. The summed E-state index contributed by atoms with van der Waals surface area (Å²) in [5.41, 5.74) is 2.35. The van der Waals surface area contributed by atoms with Gasteiger partial charge in [0.05, 0.1) is 27.0 Å². The SMILES string of the molecule is COc1ccc(OC)c(CCC(=O)Nc2ccc(OC)c3ncccc23)c1. The zero-order valence-electron chi connectivity index (χ0n) is 15.6. The van der Waals surface area contributed by atoms with E-state index < -0.39 is 0 Å². The molecule has 0 bridgehead atoms. The first-order valence-electron chi connectivity index (χ1n) is 8.58. The average molecular weight is 366 g/mol. The summed E-state index contributed by atoms with van der Waals surface area (Å²) in [6, 6.07) is 12.9. The van der Waals surface area contributed by atoms with E-state index in [9.17, 15) is 4.79 Å². The topological polar surface area (TPSA) is 69.7 Å². The van der Waals surface area contributed by atoms with E-state index in [4.69, 9.17) is 14.2 Å². The molecular weight excluding hydrogens is 344 g/mol. The van der Waals surface area contributed by atoms with Gasteiger partial charge in [0.2, 0.25) is 5.91 Å². The lowest BCUT2D eigenvalue weighted by Crippen LogP contribution is -2.13. The molecule has 1 aromatic heterocycles. The number of aryl methyl sites for hydroxylation is 1. The molecule has 0 aliphatic carbocycles. The molecular formula is C21H22N2O4. The quantitative estimate of drug-likeness (QED) is 0.688. The zero-order valence-corrected chi connectivity index (χ0v) is 15.6. The maximum Gasteiger partial charge on any atom is 0.224 e. The predicted octanol–water partition coefficient (Wildman–Crippen LogP) is 3.83. The summed E-state index contributed by atoms with van der Waals surface area (Å²) < 4.78 is 16.0. The van der Waals surface area contributed by atoms with E-state index in [2.05, 4.69) is 10.3 Å². The van der Waals surface area contributed by atoms with Gasteiger partial charge in [0, 0.05) is 18.0 Å². The lowest BCUT2D eigenvalue weighted by molar-refractivity contribution is -0.116. The third-order valence-electron chi connectivity index (χ3n) is 4.34. The summed E-state index contributed by atoms with van der Waals surface area (Å²) in [4.78, 5) is 16.9. The second-order valence-corrected chi connectivity index (χ2v) is 5.94. The first-order valence-corrected chi connectivity index (χ1v) is 8.58. The molecule has 0 atom stereocenters. The molecule has 0 aliphatic rings. The number of hydrogen-bond acceptors (Lipinski definition) is 5. The molecule has 0 unspecified atom stereocenters. The Hall–Kier alpha value is -3.28. The maximum atomic E-state index is 12.5. The maximum absolute atomic E-state index is 12.5. The fourth-order valence-electron chi connectivity index (χ4n) is 2.96. The smallest absolute Gasteiger partial charge is 0.224 e. The number of carbonyl (C=O) groups is 1. The molecule has 0 fully saturated rings. The summed E-state index contributed by atoms with van der Waals surface area (Å²) in [5, 5.41) is 3.80. The van der Waals surface area contributed by atoms with Crippen LogP contribution in [-0.2, 0) is 11.2 Å². The third kappa shape index (κ3) is 4.11. The summed E-state index contributed by atoms with van der Waals surface area (Å²) >= 11 is 0. The van der Waals surface area contributed by atoms with Gasteiger partial charge in [-0.15, -0.1) is 0 Å². The van der Waals surface area contributed by atoms with E-state index >= 15 is 0 Å². The number of hydrogen-bond donors (Lipinski definition) is 1. The number of rotatable bonds is 7. The van der Waals surface area contributed by atoms with E-state index in [1.54, 1.807) is 33.6 Å². The van der Waals surface area contributed by atoms with Crippen LogP contribution in [0, 0.1) is 0 Å². The molecule has 1 amide bonds. The van der Waals surface area contributed by atoms with Gasteiger partial charge in [0.25, 0.3) is 0 Å². The van der Waals surface area contributed by atoms with Crippen molar-refractivity contribution in [2.24, 2.45) is 0 Å². The largest absolute Gasteiger partial charge is 0.497 e. The fourth-order valence-corrected chi connectivity index (χ4v) is 2.96. The molecule has 1 heterocycles. The van der Waals surface area contributed by atoms with Crippen LogP contribution in [0.5, 0.6) is 17.2 Å². The Morgan fingerprint density at radius 2 is 1.78 bits per heavy atom. The zero-order chi connectivity index (χ0) is 19.2. The Morgan fingerprint density at radius 1 is 1.00 bits per heavy atom. The van der Waals surface area contributed by atoms with Crippen LogP contribution in [0.3, 0.4) is 0 Å². The molecule has 2 aromatic carbocycles. The van der Waals surface area contributed by atoms with Gasteiger partial charge in [-0.2, -0.15) is 0 Å². The highest BCUT2D eigenvalue weighted by Crippen LogP contribution is 2.30. The minimum Gasteiger partial charge on any atom is -0.497 e. The van der Waals surface area contributed by atoms with Crippen molar-refractivity contribution in [1.29, 1.82) is 0 Å². The van der Waals surface area contributed by atoms with Crippen LogP contribution in [0.25, 0.3) is 10.9 Å². The summed E-state index contributed by atoms with van der Waals surface area (Å²) in [6.45, 7) is 0. The minimum atomic E-state index is -0.0878. The third-order valence-corrected chi connectivity index (χ3v) is 4.34. The number of amides is 1. The summed E-state index contributed by atoms with van der Waals surface area (Å²) in [5.74, 6) is 2.06. The number of aromatic nitrogens is 1. The number of anilines is 1. The molecule has 0 spiro atoms. The summed E-state index contributed by atoms with van der Waals surface area (Å²) in [6.07, 6.45) is 2.56. The molecule has 0 aliphatic heterocycles. The monoisotopic (exact) mass is 366 g/mol. The molecule has 140 valence electrons. The number of nitrogens with zero attached hydrogens (tertiary/aromatic N) is 1. The number of pyridine rings is 1. The highest BCUT2D eigenvalue weighted by Gasteiger charge is 2.12. The standard InChI is InChI=1S/C21H22N2O4/c1-25-15-7-9-18(26-2)14(13-15)6-11-20(24)23-17-8-10-19(27-3)21-16(17)5-4-12-22-21/h4-5,7-10,12-13H,6,11H2,1-3H3,(H,23,24). The van der Waals surface area contributed by atoms with Gasteiger partial charge in [-0.25, -0.2) is 0 Å². The average Bonchev–Trinajstić information content (AvgIpc) is 2.72. The lowest BCUT2D eigenvalue weighted by atomic mass is 10.1. The highest BCUT2D eigenvalue weighted by atomic mass is 16.5. The van der Waals surface area contributed by atoms with E-state index in [-0.39, 0.29) is 5.91 Å². The normalized spacial score (nSPS) is 10.5. The van der Waals surface area contributed by atoms with E-state index in [0.717, 1.165) is 22.4 Å². The first kappa shape index (κ1) is 18.5. The second-order valence-electron chi connectivity index (χ2n) is 5.94. The van der Waals surface area contributed by atoms with Crippen molar-refractivity contribution in [2.75, 3.05) is 26.6 Å². The van der Waals surface area contributed by atoms with Crippen molar-refractivity contribution in [3.63, 3.8) is 0 Å². The number of fused-ring (bicyclic) bond motifs is 1. The van der Waals surface area contributed by atoms with Gasteiger partial charge in [-0.1, -0.05) is 0 Å². The van der Waals surface area contributed by atoms with Gasteiger partial charge >= 0.3 is 0 Å². The van der Waals surface area contributed by atoms with Gasteiger partial charge in [0.1, 0.15) is 22.8 Å². The number of carbonyl (C=O) groups excluding carboxylic acids is 1. The van der Waals surface area contributed by atoms with E-state index in [1.165, 1.54) is 0 Å². The van der Waals surface area contributed by atoms with Crippen LogP contribution in [0.15, 0.2) is 48.7 Å². The number of ether oxygens (including phenoxy) is 3. The molecule has 3 aromatic rings. The van der Waals surface area contributed by atoms with Crippen LogP contribution >= 0.6 is 0 Å². The van der Waals surface area contributed by atoms with Crippen LogP contribution < -0.4 is 19.5 Å². The molecule has 27 heavy (non-hydrogen) atoms. The Morgan fingerprint density at radius 3 is 2.52 bits per heavy atom. The van der Waals surface area contributed by atoms with E-state index in [0.29, 0.717) is 29.8 Å². The van der Waals surface area contributed by atoms with E-state index in [1.807, 2.05) is 36.4 Å². The lowest BCUT2D eigenvalue weighted by Gasteiger charge is -2.12. The van der Waals surface area contributed by atoms with Crippen molar-refractivity contribution >= 4 is 22.5 Å². The van der Waals surface area contributed by atoms with Crippen molar-refractivity contribution in [1.82, 2.24) is 4.98 Å². The van der Waals surface area contributed by atoms with Gasteiger partial charge in [-0.05, 0) is 54.4 Å². The Kier molecular flexibility index (Phi) is 5.76. The van der Waals surface area contributed by atoms with Gasteiger partial charge in [0.15, 0.2) is 0 Å². The Bertz CT molecular complexity index is 956. The van der Waals surface area contributed by atoms with Gasteiger partial charge < -0.3 is 19.5 Å². The number of nitrogens with one attached hydrogen (secondary N) is 1.